The van der Waals surface area contributed by atoms with E-state index in [0.717, 1.165) is 6.42 Å². The molecule has 3 aromatic carbocycles. The zero-order chi connectivity index (χ0) is 16.9. The average molecular weight is 312 g/mol. The smallest absolute Gasteiger partial charge is 0.0130 e. The summed E-state index contributed by atoms with van der Waals surface area (Å²) in [5, 5.41) is 0. The minimum atomic E-state index is 0.376. The van der Waals surface area contributed by atoms with E-state index in [1.165, 1.54) is 33.4 Å². The highest BCUT2D eigenvalue weighted by Gasteiger charge is 2.15. The van der Waals surface area contributed by atoms with Gasteiger partial charge in [-0.15, -0.1) is 0 Å². The molecule has 0 saturated carbocycles. The standard InChI is InChI=1S/C24H24/c1-4-20-9-11-21(12-10-20)17-24(22-13-5-18(2)6-14-22)23-15-7-19(3)8-16-23/h4-16,24H,1,17H2,2-3H3. The number of rotatable bonds is 5. The molecule has 0 spiro atoms. The largest absolute Gasteiger partial charge is 0.0985 e. The molecule has 3 rings (SSSR count). The summed E-state index contributed by atoms with van der Waals surface area (Å²) >= 11 is 0. The maximum absolute atomic E-state index is 3.83. The van der Waals surface area contributed by atoms with E-state index >= 15 is 0 Å². The van der Waals surface area contributed by atoms with Gasteiger partial charge in [0.05, 0.1) is 0 Å². The van der Waals surface area contributed by atoms with E-state index in [1.807, 2.05) is 6.08 Å². The second kappa shape index (κ2) is 7.31. The lowest BCUT2D eigenvalue weighted by Crippen LogP contribution is -2.05. The van der Waals surface area contributed by atoms with Crippen LogP contribution in [0.5, 0.6) is 0 Å². The maximum atomic E-state index is 3.83. The second-order valence-electron chi connectivity index (χ2n) is 6.52. The van der Waals surface area contributed by atoms with E-state index < -0.39 is 0 Å². The van der Waals surface area contributed by atoms with Gasteiger partial charge in [-0.1, -0.05) is 96.6 Å². The summed E-state index contributed by atoms with van der Waals surface area (Å²) in [6, 6.07) is 26.6. The highest BCUT2D eigenvalue weighted by atomic mass is 14.2. The van der Waals surface area contributed by atoms with Gasteiger partial charge in [0, 0.05) is 5.92 Å². The lowest BCUT2D eigenvalue weighted by atomic mass is 9.85. The van der Waals surface area contributed by atoms with Crippen LogP contribution in [0.2, 0.25) is 0 Å². The third kappa shape index (κ3) is 3.83. The quantitative estimate of drug-likeness (QED) is 0.517. The van der Waals surface area contributed by atoms with E-state index in [2.05, 4.69) is 93.2 Å². The second-order valence-corrected chi connectivity index (χ2v) is 6.52. The molecule has 0 aromatic heterocycles. The third-order valence-electron chi connectivity index (χ3n) is 4.61. The SMILES string of the molecule is C=Cc1ccc(CC(c2ccc(C)cc2)c2ccc(C)cc2)cc1. The van der Waals surface area contributed by atoms with Crippen molar-refractivity contribution in [1.29, 1.82) is 0 Å². The Bertz CT molecular complexity index is 745. The molecule has 0 nitrogen and oxygen atoms in total. The predicted octanol–water partition coefficient (Wildman–Crippen LogP) is 6.32. The molecule has 0 atom stereocenters. The molecular weight excluding hydrogens is 288 g/mol. The monoisotopic (exact) mass is 312 g/mol. The Labute approximate surface area is 145 Å². The van der Waals surface area contributed by atoms with Crippen molar-refractivity contribution in [2.75, 3.05) is 0 Å². The zero-order valence-electron chi connectivity index (χ0n) is 14.5. The van der Waals surface area contributed by atoms with Crippen molar-refractivity contribution in [1.82, 2.24) is 0 Å². The summed E-state index contributed by atoms with van der Waals surface area (Å²) in [4.78, 5) is 0. The summed E-state index contributed by atoms with van der Waals surface area (Å²) in [5.74, 6) is 0.376. The summed E-state index contributed by atoms with van der Waals surface area (Å²) < 4.78 is 0. The first-order chi connectivity index (χ1) is 11.7. The molecule has 0 bridgehead atoms. The van der Waals surface area contributed by atoms with Crippen LogP contribution >= 0.6 is 0 Å². The Balaban J connectivity index is 1.95. The fourth-order valence-electron chi connectivity index (χ4n) is 3.05. The first-order valence-electron chi connectivity index (χ1n) is 8.50. The lowest BCUT2D eigenvalue weighted by molar-refractivity contribution is 0.804. The molecule has 0 heteroatoms. The molecule has 0 N–H and O–H groups in total. The van der Waals surface area contributed by atoms with Gasteiger partial charge in [0.15, 0.2) is 0 Å². The molecule has 0 amide bonds. The molecule has 3 aromatic rings. The first-order valence-corrected chi connectivity index (χ1v) is 8.50. The molecule has 0 aliphatic carbocycles. The normalized spacial score (nSPS) is 10.8. The molecule has 0 aliphatic rings. The molecule has 0 saturated heterocycles. The molecule has 0 heterocycles. The Hall–Kier alpha value is -2.60. The summed E-state index contributed by atoms with van der Waals surface area (Å²) in [7, 11) is 0. The Kier molecular flexibility index (Phi) is 4.96. The number of aryl methyl sites for hydroxylation is 2. The van der Waals surface area contributed by atoms with Crippen LogP contribution in [0.3, 0.4) is 0 Å². The Morgan fingerprint density at radius 1 is 0.708 bits per heavy atom. The Morgan fingerprint density at radius 2 is 1.17 bits per heavy atom. The molecule has 0 unspecified atom stereocenters. The number of hydrogen-bond acceptors (Lipinski definition) is 0. The molecule has 0 aliphatic heterocycles. The van der Waals surface area contributed by atoms with Crippen LogP contribution in [0.4, 0.5) is 0 Å². The Morgan fingerprint density at radius 3 is 1.58 bits per heavy atom. The molecule has 24 heavy (non-hydrogen) atoms. The van der Waals surface area contributed by atoms with Crippen molar-refractivity contribution in [2.45, 2.75) is 26.2 Å². The summed E-state index contributed by atoms with van der Waals surface area (Å²) in [5.41, 5.74) is 7.87. The van der Waals surface area contributed by atoms with Crippen molar-refractivity contribution in [2.24, 2.45) is 0 Å². The van der Waals surface area contributed by atoms with Gasteiger partial charge in [0.2, 0.25) is 0 Å². The molecule has 0 fully saturated rings. The fourth-order valence-corrected chi connectivity index (χ4v) is 3.05. The van der Waals surface area contributed by atoms with Gasteiger partial charge in [0.1, 0.15) is 0 Å². The average Bonchev–Trinajstić information content (AvgIpc) is 2.62. The molecule has 0 radical (unpaired) electrons. The van der Waals surface area contributed by atoms with Gasteiger partial charge < -0.3 is 0 Å². The van der Waals surface area contributed by atoms with E-state index in [-0.39, 0.29) is 0 Å². The minimum Gasteiger partial charge on any atom is -0.0985 e. The first kappa shape index (κ1) is 16.3. The fraction of sp³-hybridized carbons (Fsp3) is 0.167. The predicted molar refractivity (Wildman–Crippen MR) is 104 cm³/mol. The van der Waals surface area contributed by atoms with Crippen LogP contribution in [0.15, 0.2) is 79.4 Å². The lowest BCUT2D eigenvalue weighted by Gasteiger charge is -2.19. The number of benzene rings is 3. The minimum absolute atomic E-state index is 0.376. The van der Waals surface area contributed by atoms with E-state index in [4.69, 9.17) is 0 Å². The summed E-state index contributed by atoms with van der Waals surface area (Å²) in [6.45, 7) is 8.11. The molecular formula is C24H24. The van der Waals surface area contributed by atoms with Gasteiger partial charge >= 0.3 is 0 Å². The maximum Gasteiger partial charge on any atom is 0.0130 e. The highest BCUT2D eigenvalue weighted by Crippen LogP contribution is 2.29. The van der Waals surface area contributed by atoms with Gasteiger partial charge in [0.25, 0.3) is 0 Å². The zero-order valence-corrected chi connectivity index (χ0v) is 14.5. The van der Waals surface area contributed by atoms with Crippen LogP contribution in [0, 0.1) is 13.8 Å². The van der Waals surface area contributed by atoms with Gasteiger partial charge in [-0.25, -0.2) is 0 Å². The van der Waals surface area contributed by atoms with Crippen LogP contribution in [0.25, 0.3) is 6.08 Å². The summed E-state index contributed by atoms with van der Waals surface area (Å²) in [6.07, 6.45) is 2.89. The third-order valence-corrected chi connectivity index (χ3v) is 4.61. The number of hydrogen-bond donors (Lipinski definition) is 0. The van der Waals surface area contributed by atoms with Crippen LogP contribution < -0.4 is 0 Å². The molecule has 120 valence electrons. The van der Waals surface area contributed by atoms with Crippen molar-refractivity contribution in [3.8, 4) is 0 Å². The van der Waals surface area contributed by atoms with E-state index in [0.29, 0.717) is 5.92 Å². The van der Waals surface area contributed by atoms with E-state index in [9.17, 15) is 0 Å². The van der Waals surface area contributed by atoms with Crippen molar-refractivity contribution in [3.05, 3.63) is 113 Å². The van der Waals surface area contributed by atoms with Gasteiger partial charge in [-0.2, -0.15) is 0 Å². The van der Waals surface area contributed by atoms with Gasteiger partial charge in [-0.3, -0.25) is 0 Å². The highest BCUT2D eigenvalue weighted by molar-refractivity contribution is 5.47. The van der Waals surface area contributed by atoms with Crippen LogP contribution in [-0.4, -0.2) is 0 Å². The van der Waals surface area contributed by atoms with Crippen molar-refractivity contribution < 1.29 is 0 Å². The van der Waals surface area contributed by atoms with E-state index in [1.54, 1.807) is 0 Å². The van der Waals surface area contributed by atoms with Crippen LogP contribution in [0.1, 0.15) is 39.3 Å². The van der Waals surface area contributed by atoms with Crippen molar-refractivity contribution in [3.63, 3.8) is 0 Å². The van der Waals surface area contributed by atoms with Crippen molar-refractivity contribution >= 4 is 6.08 Å². The van der Waals surface area contributed by atoms with Crippen LogP contribution in [-0.2, 0) is 6.42 Å². The topological polar surface area (TPSA) is 0 Å². The van der Waals surface area contributed by atoms with Gasteiger partial charge in [-0.05, 0) is 42.5 Å².